The highest BCUT2D eigenvalue weighted by Crippen LogP contribution is 2.08. The van der Waals surface area contributed by atoms with Gasteiger partial charge in [-0.25, -0.2) is 4.68 Å². The van der Waals surface area contributed by atoms with E-state index in [1.165, 1.54) is 11.0 Å². The van der Waals surface area contributed by atoms with Crippen molar-refractivity contribution < 1.29 is 9.53 Å². The van der Waals surface area contributed by atoms with E-state index in [9.17, 15) is 4.79 Å². The normalized spacial score (nSPS) is 10.9. The average molecular weight is 303 g/mol. The van der Waals surface area contributed by atoms with E-state index in [-0.39, 0.29) is 5.91 Å². The summed E-state index contributed by atoms with van der Waals surface area (Å²) in [5.41, 5.74) is 1.33. The lowest BCUT2D eigenvalue weighted by Crippen LogP contribution is -2.25. The van der Waals surface area contributed by atoms with Gasteiger partial charge in [0.05, 0.1) is 5.69 Å². The Hall–Kier alpha value is -2.28. The zero-order chi connectivity index (χ0) is 15.8. The van der Waals surface area contributed by atoms with E-state index in [1.807, 2.05) is 6.07 Å². The molecule has 2 aromatic rings. The fraction of sp³-hybridized carbons (Fsp3) is 0.467. The van der Waals surface area contributed by atoms with Gasteiger partial charge in [0.2, 0.25) is 0 Å². The van der Waals surface area contributed by atoms with Gasteiger partial charge in [0.1, 0.15) is 6.33 Å². The quantitative estimate of drug-likeness (QED) is 0.747. The molecule has 1 N–H and O–H groups in total. The number of tetrazole rings is 1. The van der Waals surface area contributed by atoms with Crippen molar-refractivity contribution in [2.24, 2.45) is 5.92 Å². The Labute approximate surface area is 129 Å². The lowest BCUT2D eigenvalue weighted by molar-refractivity contribution is 0.0925. The van der Waals surface area contributed by atoms with E-state index in [1.54, 1.807) is 18.2 Å². The van der Waals surface area contributed by atoms with Crippen molar-refractivity contribution in [1.82, 2.24) is 25.5 Å². The summed E-state index contributed by atoms with van der Waals surface area (Å²) in [4.78, 5) is 12.1. The maximum absolute atomic E-state index is 12.1. The number of nitrogens with one attached hydrogen (secondary N) is 1. The van der Waals surface area contributed by atoms with Crippen LogP contribution in [0.2, 0.25) is 0 Å². The SMILES string of the molecule is CC(C)COCCCNC(=O)c1cccc(-n2cnnn2)c1. The lowest BCUT2D eigenvalue weighted by atomic mass is 10.2. The zero-order valence-corrected chi connectivity index (χ0v) is 12.9. The Kier molecular flexibility index (Phi) is 6.02. The number of rotatable bonds is 8. The van der Waals surface area contributed by atoms with Crippen molar-refractivity contribution in [1.29, 1.82) is 0 Å². The van der Waals surface area contributed by atoms with Crippen LogP contribution in [-0.2, 0) is 4.74 Å². The molecule has 22 heavy (non-hydrogen) atoms. The molecule has 0 fully saturated rings. The Morgan fingerprint density at radius 3 is 3.00 bits per heavy atom. The van der Waals surface area contributed by atoms with Crippen LogP contribution in [0.5, 0.6) is 0 Å². The van der Waals surface area contributed by atoms with Gasteiger partial charge in [0, 0.05) is 25.3 Å². The molecule has 0 aliphatic carbocycles. The number of carbonyl (C=O) groups is 1. The molecule has 0 saturated heterocycles. The minimum Gasteiger partial charge on any atom is -0.381 e. The first-order valence-corrected chi connectivity index (χ1v) is 7.36. The molecule has 7 heteroatoms. The third-order valence-corrected chi connectivity index (χ3v) is 2.92. The van der Waals surface area contributed by atoms with Crippen LogP contribution in [0.1, 0.15) is 30.6 Å². The topological polar surface area (TPSA) is 81.9 Å². The predicted octanol–water partition coefficient (Wildman–Crippen LogP) is 1.45. The van der Waals surface area contributed by atoms with Crippen molar-refractivity contribution in [2.45, 2.75) is 20.3 Å². The molecule has 7 nitrogen and oxygen atoms in total. The van der Waals surface area contributed by atoms with Crippen LogP contribution in [0, 0.1) is 5.92 Å². The maximum atomic E-state index is 12.1. The second-order valence-electron chi connectivity index (χ2n) is 5.38. The van der Waals surface area contributed by atoms with Crippen LogP contribution in [0.3, 0.4) is 0 Å². The first-order chi connectivity index (χ1) is 10.7. The zero-order valence-electron chi connectivity index (χ0n) is 12.9. The second-order valence-corrected chi connectivity index (χ2v) is 5.38. The summed E-state index contributed by atoms with van der Waals surface area (Å²) in [6.45, 7) is 6.22. The van der Waals surface area contributed by atoms with Crippen LogP contribution in [0.25, 0.3) is 5.69 Å². The van der Waals surface area contributed by atoms with E-state index in [0.717, 1.165) is 18.7 Å². The fourth-order valence-corrected chi connectivity index (χ4v) is 1.87. The average Bonchev–Trinajstić information content (AvgIpc) is 3.05. The van der Waals surface area contributed by atoms with Crippen LogP contribution in [-0.4, -0.2) is 45.9 Å². The molecule has 0 unspecified atom stereocenters. The fourth-order valence-electron chi connectivity index (χ4n) is 1.87. The minimum absolute atomic E-state index is 0.112. The molecule has 0 atom stereocenters. The number of hydrogen-bond acceptors (Lipinski definition) is 5. The first-order valence-electron chi connectivity index (χ1n) is 7.36. The van der Waals surface area contributed by atoms with Gasteiger partial charge in [-0.15, -0.1) is 5.10 Å². The third-order valence-electron chi connectivity index (χ3n) is 2.92. The number of amides is 1. The summed E-state index contributed by atoms with van der Waals surface area (Å²) in [5.74, 6) is 0.419. The van der Waals surface area contributed by atoms with Gasteiger partial charge < -0.3 is 10.1 Å². The third kappa shape index (κ3) is 4.92. The van der Waals surface area contributed by atoms with Crippen LogP contribution < -0.4 is 5.32 Å². The first kappa shape index (κ1) is 16.1. The van der Waals surface area contributed by atoms with Gasteiger partial charge in [-0.05, 0) is 41.0 Å². The highest BCUT2D eigenvalue weighted by atomic mass is 16.5. The molecule has 0 radical (unpaired) electrons. The summed E-state index contributed by atoms with van der Waals surface area (Å²) in [5, 5.41) is 13.8. The molecule has 0 spiro atoms. The number of aromatic nitrogens is 4. The van der Waals surface area contributed by atoms with Gasteiger partial charge >= 0.3 is 0 Å². The Bertz CT molecular complexity index is 583. The molecule has 118 valence electrons. The van der Waals surface area contributed by atoms with Crippen LogP contribution in [0.15, 0.2) is 30.6 Å². The monoisotopic (exact) mass is 303 g/mol. The molecule has 1 amide bonds. The minimum atomic E-state index is -0.112. The van der Waals surface area contributed by atoms with Crippen molar-refractivity contribution in [3.05, 3.63) is 36.2 Å². The number of hydrogen-bond donors (Lipinski definition) is 1. The molecule has 0 bridgehead atoms. The summed E-state index contributed by atoms with van der Waals surface area (Å²) >= 11 is 0. The van der Waals surface area contributed by atoms with Crippen molar-refractivity contribution >= 4 is 5.91 Å². The van der Waals surface area contributed by atoms with Crippen molar-refractivity contribution in [3.63, 3.8) is 0 Å². The summed E-state index contributed by atoms with van der Waals surface area (Å²) in [6.07, 6.45) is 2.29. The van der Waals surface area contributed by atoms with Crippen molar-refractivity contribution in [2.75, 3.05) is 19.8 Å². The number of carbonyl (C=O) groups excluding carboxylic acids is 1. The highest BCUT2D eigenvalue weighted by molar-refractivity contribution is 5.94. The van der Waals surface area contributed by atoms with E-state index in [2.05, 4.69) is 34.7 Å². The van der Waals surface area contributed by atoms with Crippen molar-refractivity contribution in [3.8, 4) is 5.69 Å². The molecular weight excluding hydrogens is 282 g/mol. The van der Waals surface area contributed by atoms with Gasteiger partial charge in [0.15, 0.2) is 0 Å². The number of nitrogens with zero attached hydrogens (tertiary/aromatic N) is 4. The maximum Gasteiger partial charge on any atom is 0.251 e. The van der Waals surface area contributed by atoms with E-state index in [0.29, 0.717) is 24.6 Å². The molecular formula is C15H21N5O2. The number of ether oxygens (including phenoxy) is 1. The standard InChI is InChI=1S/C15H21N5O2/c1-12(2)10-22-8-4-7-16-15(21)13-5-3-6-14(9-13)20-11-17-18-19-20/h3,5-6,9,11-12H,4,7-8,10H2,1-2H3,(H,16,21). The Balaban J connectivity index is 1.79. The molecule has 0 saturated carbocycles. The second kappa shape index (κ2) is 8.23. The highest BCUT2D eigenvalue weighted by Gasteiger charge is 2.07. The summed E-state index contributed by atoms with van der Waals surface area (Å²) in [7, 11) is 0. The van der Waals surface area contributed by atoms with E-state index in [4.69, 9.17) is 4.74 Å². The Morgan fingerprint density at radius 2 is 2.27 bits per heavy atom. The van der Waals surface area contributed by atoms with Crippen LogP contribution in [0.4, 0.5) is 0 Å². The lowest BCUT2D eigenvalue weighted by Gasteiger charge is -2.08. The van der Waals surface area contributed by atoms with Gasteiger partial charge in [0.25, 0.3) is 5.91 Å². The molecule has 2 rings (SSSR count). The van der Waals surface area contributed by atoms with Gasteiger partial charge in [-0.3, -0.25) is 4.79 Å². The van der Waals surface area contributed by atoms with Gasteiger partial charge in [-0.2, -0.15) is 0 Å². The predicted molar refractivity (Wildman–Crippen MR) is 81.8 cm³/mol. The van der Waals surface area contributed by atoms with Gasteiger partial charge in [-0.1, -0.05) is 19.9 Å². The van der Waals surface area contributed by atoms with E-state index < -0.39 is 0 Å². The van der Waals surface area contributed by atoms with Crippen LogP contribution >= 0.6 is 0 Å². The summed E-state index contributed by atoms with van der Waals surface area (Å²) in [6, 6.07) is 7.16. The molecule has 1 aromatic carbocycles. The molecule has 1 aromatic heterocycles. The summed E-state index contributed by atoms with van der Waals surface area (Å²) < 4.78 is 6.98. The molecule has 0 aliphatic rings. The Morgan fingerprint density at radius 1 is 1.41 bits per heavy atom. The smallest absolute Gasteiger partial charge is 0.251 e. The number of benzene rings is 1. The molecule has 1 heterocycles. The largest absolute Gasteiger partial charge is 0.381 e. The molecule has 0 aliphatic heterocycles. The van der Waals surface area contributed by atoms with E-state index >= 15 is 0 Å².